The molecular formula is C36H53N8O16P3. The molecule has 0 saturated carbocycles. The van der Waals surface area contributed by atoms with Crippen LogP contribution in [0.25, 0.3) is 22.1 Å². The fourth-order valence-electron chi connectivity index (χ4n) is 8.08. The van der Waals surface area contributed by atoms with Gasteiger partial charge in [-0.1, -0.05) is 19.8 Å². The molecule has 1 saturated heterocycles. The lowest BCUT2D eigenvalue weighted by Gasteiger charge is -2.47. The highest BCUT2D eigenvalue weighted by Crippen LogP contribution is 2.66. The maximum atomic E-state index is 12.8. The maximum Gasteiger partial charge on any atom is 0.490 e. The maximum absolute atomic E-state index is 12.8. The van der Waals surface area contributed by atoms with Crippen LogP contribution in [0.15, 0.2) is 33.7 Å². The number of aryl methyl sites for hydroxylation is 1. The number of anilines is 3. The molecule has 24 nitrogen and oxygen atoms in total. The number of ether oxygens (including phenoxy) is 1. The molecule has 0 aliphatic carbocycles. The molecule has 4 aromatic rings. The average molecular weight is 947 g/mol. The monoisotopic (exact) mass is 946 g/mol. The second kappa shape index (κ2) is 19.3. The topological polar surface area (TPSA) is 354 Å². The normalized spacial score (nSPS) is 23.1. The Labute approximate surface area is 360 Å². The van der Waals surface area contributed by atoms with Crippen molar-refractivity contribution in [1.29, 1.82) is 0 Å². The van der Waals surface area contributed by atoms with Crippen LogP contribution in [0, 0.1) is 6.92 Å². The number of imidazole rings is 1. The largest absolute Gasteiger partial charge is 0.490 e. The summed E-state index contributed by atoms with van der Waals surface area (Å²) in [7, 11) is -17.0. The number of unbranched alkanes of at least 4 members (excludes halogenated alkanes) is 3. The van der Waals surface area contributed by atoms with Crippen LogP contribution < -0.4 is 26.9 Å². The molecule has 1 aromatic carbocycles. The fourth-order valence-corrected chi connectivity index (χ4v) is 11.1. The minimum Gasteiger partial charge on any atom is -0.423 e. The van der Waals surface area contributed by atoms with Gasteiger partial charge in [-0.2, -0.15) is 8.62 Å². The Kier molecular flexibility index (Phi) is 14.9. The number of carbonyl (C=O) groups excluding carboxylic acids is 1. The molecule has 3 aromatic heterocycles. The minimum atomic E-state index is -5.80. The van der Waals surface area contributed by atoms with Gasteiger partial charge in [0.1, 0.15) is 30.2 Å². The molecule has 3 unspecified atom stereocenters. The molecule has 10 N–H and O–H groups in total. The molecule has 2 aliphatic rings. The summed E-state index contributed by atoms with van der Waals surface area (Å²) < 4.78 is 59.4. The van der Waals surface area contributed by atoms with E-state index in [1.165, 1.54) is 16.2 Å². The summed E-state index contributed by atoms with van der Waals surface area (Å²) in [5.74, 6) is 0.383. The first kappa shape index (κ1) is 48.6. The van der Waals surface area contributed by atoms with Crippen molar-refractivity contribution in [3.05, 3.63) is 46.1 Å². The van der Waals surface area contributed by atoms with Gasteiger partial charge in [0.2, 0.25) is 11.9 Å². The van der Waals surface area contributed by atoms with E-state index in [1.807, 2.05) is 13.0 Å². The number of amides is 1. The van der Waals surface area contributed by atoms with Crippen molar-refractivity contribution in [2.24, 2.45) is 0 Å². The van der Waals surface area contributed by atoms with Gasteiger partial charge in [-0.25, -0.2) is 33.4 Å². The number of nitrogen functional groups attached to an aromatic ring is 1. The van der Waals surface area contributed by atoms with E-state index in [0.717, 1.165) is 48.6 Å². The summed E-state index contributed by atoms with van der Waals surface area (Å²) in [5.41, 5.74) is 9.36. The fraction of sp³-hybridized carbons (Fsp3) is 0.583. The molecule has 2 aliphatic heterocycles. The molecule has 1 fully saturated rings. The Morgan fingerprint density at radius 2 is 1.70 bits per heavy atom. The number of fused-ring (bicyclic) bond motifs is 3. The SMILES string of the molecule is Cc1cc(=O)oc2cc3c(cc12)C(C)CC(C)(C)N3CCCC(=O)NCCCCCCNc1nc2c(N)ncnc2n1[C@@H]1O[C@H](COP(=O)(O)OP(=O)(O)OP(=O)(O)O)[C@@H](O)[C@H]1O. The second-order valence-electron chi connectivity index (χ2n) is 16.2. The van der Waals surface area contributed by atoms with Crippen molar-refractivity contribution in [3.8, 4) is 0 Å². The van der Waals surface area contributed by atoms with Gasteiger partial charge in [-0.3, -0.25) is 13.9 Å². The van der Waals surface area contributed by atoms with Gasteiger partial charge in [0.25, 0.3) is 0 Å². The number of hydrogen-bond acceptors (Lipinski definition) is 18. The van der Waals surface area contributed by atoms with Gasteiger partial charge in [-0.15, -0.1) is 0 Å². The minimum absolute atomic E-state index is 0.00336. The number of rotatable bonds is 20. The molecule has 5 heterocycles. The van der Waals surface area contributed by atoms with E-state index >= 15 is 0 Å². The van der Waals surface area contributed by atoms with Crippen molar-refractivity contribution in [3.63, 3.8) is 0 Å². The van der Waals surface area contributed by atoms with Crippen molar-refractivity contribution < 1.29 is 70.6 Å². The van der Waals surface area contributed by atoms with Crippen LogP contribution in [0.4, 0.5) is 17.5 Å². The highest BCUT2D eigenvalue weighted by atomic mass is 31.3. The molecule has 348 valence electrons. The predicted octanol–water partition coefficient (Wildman–Crippen LogP) is 3.45. The van der Waals surface area contributed by atoms with Gasteiger partial charge >= 0.3 is 29.1 Å². The molecule has 27 heteroatoms. The average Bonchev–Trinajstić information content (AvgIpc) is 3.66. The number of phosphoric ester groups is 1. The van der Waals surface area contributed by atoms with Crippen LogP contribution in [0.5, 0.6) is 0 Å². The molecule has 6 rings (SSSR count). The Morgan fingerprint density at radius 3 is 2.41 bits per heavy atom. The first-order chi connectivity index (χ1) is 29.4. The summed E-state index contributed by atoms with van der Waals surface area (Å²) in [6, 6.07) is 5.60. The number of aromatic nitrogens is 4. The Hall–Kier alpha value is -3.86. The first-order valence-corrected chi connectivity index (χ1v) is 24.6. The van der Waals surface area contributed by atoms with E-state index in [4.69, 9.17) is 24.7 Å². The third-order valence-corrected chi connectivity index (χ3v) is 14.7. The number of hydrogen-bond donors (Lipinski definition) is 9. The van der Waals surface area contributed by atoms with Crippen LogP contribution in [-0.2, 0) is 36.4 Å². The van der Waals surface area contributed by atoms with E-state index in [1.54, 1.807) is 0 Å². The molecule has 7 atom stereocenters. The number of nitrogens with one attached hydrogen (secondary N) is 2. The highest BCUT2D eigenvalue weighted by Gasteiger charge is 2.48. The molecule has 0 radical (unpaired) electrons. The molecule has 0 bridgehead atoms. The predicted molar refractivity (Wildman–Crippen MR) is 226 cm³/mol. The first-order valence-electron chi connectivity index (χ1n) is 20.1. The summed E-state index contributed by atoms with van der Waals surface area (Å²) >= 11 is 0. The lowest BCUT2D eigenvalue weighted by atomic mass is 9.79. The van der Waals surface area contributed by atoms with Crippen LogP contribution in [0.1, 0.15) is 89.0 Å². The van der Waals surface area contributed by atoms with E-state index in [-0.39, 0.29) is 40.0 Å². The van der Waals surface area contributed by atoms with E-state index in [2.05, 4.69) is 70.5 Å². The number of aliphatic hydroxyl groups is 2. The van der Waals surface area contributed by atoms with Crippen molar-refractivity contribution in [1.82, 2.24) is 24.8 Å². The lowest BCUT2D eigenvalue weighted by molar-refractivity contribution is -0.121. The van der Waals surface area contributed by atoms with Gasteiger partial charge in [-0.05, 0) is 69.6 Å². The lowest BCUT2D eigenvalue weighted by Crippen LogP contribution is -2.49. The zero-order valence-electron chi connectivity index (χ0n) is 34.9. The highest BCUT2D eigenvalue weighted by molar-refractivity contribution is 7.66. The summed E-state index contributed by atoms with van der Waals surface area (Å²) in [4.78, 5) is 76.5. The summed E-state index contributed by atoms with van der Waals surface area (Å²) in [6.07, 6.45) is -0.445. The number of phosphoric acid groups is 3. The number of nitrogens with zero attached hydrogens (tertiary/aromatic N) is 5. The molecule has 0 spiro atoms. The van der Waals surface area contributed by atoms with E-state index in [9.17, 15) is 43.3 Å². The smallest absolute Gasteiger partial charge is 0.423 e. The third-order valence-electron chi connectivity index (χ3n) is 10.9. The number of aliphatic hydroxyl groups excluding tert-OH is 2. The van der Waals surface area contributed by atoms with Gasteiger partial charge < -0.3 is 60.2 Å². The zero-order valence-corrected chi connectivity index (χ0v) is 37.6. The van der Waals surface area contributed by atoms with Crippen molar-refractivity contribution in [2.45, 2.75) is 109 Å². The number of carbonyl (C=O) groups is 1. The van der Waals surface area contributed by atoms with Crippen LogP contribution >= 0.6 is 23.5 Å². The Morgan fingerprint density at radius 1 is 0.984 bits per heavy atom. The molecule has 63 heavy (non-hydrogen) atoms. The van der Waals surface area contributed by atoms with E-state index in [0.29, 0.717) is 50.4 Å². The Balaban J connectivity index is 0.959. The standard InChI is InChI=1S/C36H53N8O16P3/c1-20-14-28(46)57-25-16-24-22(15-23(20)25)21(2)17-36(3,4)43(24)13-9-10-27(45)38-11-7-5-6-8-12-39-35-42-29-32(37)40-19-41-33(29)44(35)34-31(48)30(47)26(58-34)18-56-62(52,53)60-63(54,55)59-61(49,50)51/h14-16,19,21,26,30-31,34,47-48H,5-13,17-18H2,1-4H3,(H,38,45)(H,39,42)(H,52,53)(H,54,55)(H2,37,40,41)(H2,49,50,51)/t21?,26-,30-,31-,34-/m1/s1. The number of benzene rings is 1. The van der Waals surface area contributed by atoms with Crippen molar-refractivity contribution >= 4 is 69.0 Å². The zero-order chi connectivity index (χ0) is 46.1. The summed E-state index contributed by atoms with van der Waals surface area (Å²) in [5, 5.41) is 28.8. The van der Waals surface area contributed by atoms with E-state index < -0.39 is 54.6 Å². The quantitative estimate of drug-likeness (QED) is 0.0348. The second-order valence-corrected chi connectivity index (χ2v) is 20.6. The van der Waals surface area contributed by atoms with Gasteiger partial charge in [0, 0.05) is 54.8 Å². The van der Waals surface area contributed by atoms with Crippen LogP contribution in [0.2, 0.25) is 0 Å². The molecule has 1 amide bonds. The Bertz CT molecular complexity index is 2520. The van der Waals surface area contributed by atoms with Crippen molar-refractivity contribution in [2.75, 3.05) is 42.2 Å². The number of nitrogens with two attached hydrogens (primary N) is 1. The van der Waals surface area contributed by atoms with Gasteiger partial charge in [0.15, 0.2) is 23.2 Å². The van der Waals surface area contributed by atoms with Crippen LogP contribution in [-0.4, -0.2) is 105 Å². The summed E-state index contributed by atoms with van der Waals surface area (Å²) in [6.45, 7) is 9.01. The van der Waals surface area contributed by atoms with Gasteiger partial charge in [0.05, 0.1) is 6.61 Å². The molecular weight excluding hydrogens is 893 g/mol. The third kappa shape index (κ3) is 11.9. The van der Waals surface area contributed by atoms with Crippen LogP contribution in [0.3, 0.4) is 0 Å².